The number of ether oxygens (including phenoxy) is 2. The first kappa shape index (κ1) is 17.3. The molecule has 5 rings (SSSR count). The number of fused-ring (bicyclic) bond motifs is 2. The minimum Gasteiger partial charge on any atom is -0.454 e. The molecule has 0 fully saturated rings. The van der Waals surface area contributed by atoms with Gasteiger partial charge in [0, 0.05) is 23.4 Å². The van der Waals surface area contributed by atoms with Gasteiger partial charge >= 0.3 is 6.03 Å². The van der Waals surface area contributed by atoms with E-state index in [4.69, 9.17) is 9.47 Å². The molecule has 148 valence electrons. The number of rotatable bonds is 3. The van der Waals surface area contributed by atoms with Gasteiger partial charge in [-0.2, -0.15) is 9.78 Å². The third-order valence-corrected chi connectivity index (χ3v) is 4.83. The van der Waals surface area contributed by atoms with Crippen LogP contribution in [-0.2, 0) is 12.8 Å². The summed E-state index contributed by atoms with van der Waals surface area (Å²) < 4.78 is 12.0. The molecule has 0 saturated heterocycles. The highest BCUT2D eigenvalue weighted by atomic mass is 16.7. The quantitative estimate of drug-likeness (QED) is 0.625. The van der Waals surface area contributed by atoms with E-state index in [1.165, 1.54) is 4.68 Å². The number of carbonyl (C=O) groups excluding carboxylic acids is 1. The molecule has 3 N–H and O–H groups in total. The maximum Gasteiger partial charge on any atom is 0.324 e. The number of nitrogens with one attached hydrogen (secondary N) is 3. The second-order valence-corrected chi connectivity index (χ2v) is 6.90. The molecular weight excluding hydrogens is 376 g/mol. The van der Waals surface area contributed by atoms with Crippen molar-refractivity contribution < 1.29 is 14.3 Å². The molecule has 1 aliphatic carbocycles. The van der Waals surface area contributed by atoms with Crippen molar-refractivity contribution in [3.8, 4) is 17.4 Å². The minimum absolute atomic E-state index is 0.161. The van der Waals surface area contributed by atoms with Gasteiger partial charge in [-0.15, -0.1) is 0 Å². The van der Waals surface area contributed by atoms with Gasteiger partial charge < -0.3 is 14.8 Å². The second-order valence-electron chi connectivity index (χ2n) is 6.90. The topological polar surface area (TPSA) is 123 Å². The predicted molar refractivity (Wildman–Crippen MR) is 104 cm³/mol. The Balaban J connectivity index is 1.39. The number of aromatic amines is 1. The Hall–Kier alpha value is -3.82. The zero-order valence-electron chi connectivity index (χ0n) is 15.6. The molecule has 1 aromatic carbocycles. The Bertz CT molecular complexity index is 1180. The van der Waals surface area contributed by atoms with Crippen LogP contribution in [0.25, 0.3) is 5.95 Å². The summed E-state index contributed by atoms with van der Waals surface area (Å²) in [5.74, 6) is 1.88. The Morgan fingerprint density at radius 3 is 2.93 bits per heavy atom. The molecule has 2 aliphatic rings. The first-order valence-corrected chi connectivity index (χ1v) is 9.23. The van der Waals surface area contributed by atoms with E-state index in [2.05, 4.69) is 25.7 Å². The number of amides is 2. The lowest BCUT2D eigenvalue weighted by molar-refractivity contribution is 0.174. The fourth-order valence-electron chi connectivity index (χ4n) is 3.53. The third-order valence-electron chi connectivity index (χ3n) is 4.83. The fourth-order valence-corrected chi connectivity index (χ4v) is 3.53. The van der Waals surface area contributed by atoms with Crippen LogP contribution in [0.1, 0.15) is 23.4 Å². The monoisotopic (exact) mass is 394 g/mol. The smallest absolute Gasteiger partial charge is 0.324 e. The molecule has 0 bridgehead atoms. The molecule has 1 aliphatic heterocycles. The highest BCUT2D eigenvalue weighted by Gasteiger charge is 2.20. The molecule has 3 heterocycles. The lowest BCUT2D eigenvalue weighted by Crippen LogP contribution is -2.23. The first-order valence-electron chi connectivity index (χ1n) is 9.23. The van der Waals surface area contributed by atoms with Gasteiger partial charge in [0.1, 0.15) is 5.82 Å². The number of hydrogen-bond donors (Lipinski definition) is 3. The number of H-pyrrole nitrogens is 1. The van der Waals surface area contributed by atoms with Crippen molar-refractivity contribution in [2.75, 3.05) is 17.4 Å². The van der Waals surface area contributed by atoms with E-state index in [0.29, 0.717) is 28.7 Å². The summed E-state index contributed by atoms with van der Waals surface area (Å²) in [6, 6.07) is 6.37. The van der Waals surface area contributed by atoms with E-state index in [9.17, 15) is 9.59 Å². The Morgan fingerprint density at radius 1 is 1.17 bits per heavy atom. The summed E-state index contributed by atoms with van der Waals surface area (Å²) in [4.78, 5) is 32.1. The summed E-state index contributed by atoms with van der Waals surface area (Å²) >= 11 is 0. The predicted octanol–water partition coefficient (Wildman–Crippen LogP) is 2.13. The number of urea groups is 1. The van der Waals surface area contributed by atoms with E-state index in [-0.39, 0.29) is 18.3 Å². The van der Waals surface area contributed by atoms with Crippen LogP contribution < -0.4 is 25.7 Å². The van der Waals surface area contributed by atoms with Crippen molar-refractivity contribution in [2.45, 2.75) is 26.2 Å². The van der Waals surface area contributed by atoms with E-state index in [1.807, 2.05) is 0 Å². The van der Waals surface area contributed by atoms with E-state index in [0.717, 1.165) is 30.5 Å². The van der Waals surface area contributed by atoms with Gasteiger partial charge in [0.05, 0.1) is 11.4 Å². The van der Waals surface area contributed by atoms with Crippen LogP contribution in [0.15, 0.2) is 29.1 Å². The van der Waals surface area contributed by atoms with Gasteiger partial charge in [-0.1, -0.05) is 0 Å². The minimum atomic E-state index is -0.464. The Morgan fingerprint density at radius 2 is 2.03 bits per heavy atom. The van der Waals surface area contributed by atoms with Crippen LogP contribution in [0.2, 0.25) is 0 Å². The van der Waals surface area contributed by atoms with Crippen LogP contribution in [0.4, 0.5) is 16.3 Å². The SMILES string of the molecule is Cc1cc(NC(=O)Nc2ccc3c(c2)OCO3)n(-c2nc3c(c(=O)[nH]2)CCC3)n1. The molecule has 0 atom stereocenters. The average Bonchev–Trinajstić information content (AvgIpc) is 3.40. The fraction of sp³-hybridized carbons (Fsp3) is 0.263. The molecule has 10 heteroatoms. The standard InChI is InChI=1S/C19H18N6O4/c1-10-7-16(22-19(27)20-11-5-6-14-15(8-11)29-9-28-14)25(24-10)18-21-13-4-2-3-12(13)17(26)23-18/h5-8H,2-4,9H2,1H3,(H2,20,22,27)(H,21,23,26). The molecule has 0 unspecified atom stereocenters. The normalized spacial score (nSPS) is 14.0. The summed E-state index contributed by atoms with van der Waals surface area (Å²) in [7, 11) is 0. The molecule has 0 spiro atoms. The lowest BCUT2D eigenvalue weighted by atomic mass is 10.3. The number of benzene rings is 1. The van der Waals surface area contributed by atoms with Crippen LogP contribution in [0.3, 0.4) is 0 Å². The van der Waals surface area contributed by atoms with Crippen molar-refractivity contribution in [1.29, 1.82) is 0 Å². The van der Waals surface area contributed by atoms with Crippen molar-refractivity contribution in [3.05, 3.63) is 51.6 Å². The van der Waals surface area contributed by atoms with Crippen molar-refractivity contribution >= 4 is 17.5 Å². The van der Waals surface area contributed by atoms with Gasteiger partial charge in [-0.25, -0.2) is 9.78 Å². The van der Waals surface area contributed by atoms with E-state index >= 15 is 0 Å². The number of aryl methyl sites for hydroxylation is 2. The van der Waals surface area contributed by atoms with Crippen molar-refractivity contribution in [1.82, 2.24) is 19.7 Å². The molecule has 3 aromatic rings. The first-order chi connectivity index (χ1) is 14.1. The lowest BCUT2D eigenvalue weighted by Gasteiger charge is -2.10. The largest absolute Gasteiger partial charge is 0.454 e. The van der Waals surface area contributed by atoms with E-state index in [1.54, 1.807) is 31.2 Å². The number of carbonyl (C=O) groups is 1. The maximum atomic E-state index is 12.5. The number of hydrogen-bond acceptors (Lipinski definition) is 6. The Labute approximate surface area is 164 Å². The molecule has 2 amide bonds. The number of nitrogens with zero attached hydrogens (tertiary/aromatic N) is 3. The molecule has 0 radical (unpaired) electrons. The van der Waals surface area contributed by atoms with Gasteiger partial charge in [0.2, 0.25) is 12.7 Å². The zero-order valence-corrected chi connectivity index (χ0v) is 15.6. The van der Waals surface area contributed by atoms with Crippen LogP contribution >= 0.6 is 0 Å². The van der Waals surface area contributed by atoms with Crippen molar-refractivity contribution in [2.24, 2.45) is 0 Å². The maximum absolute atomic E-state index is 12.5. The van der Waals surface area contributed by atoms with Gasteiger partial charge in [-0.05, 0) is 38.3 Å². The third kappa shape index (κ3) is 3.18. The van der Waals surface area contributed by atoms with Gasteiger partial charge in [0.25, 0.3) is 5.56 Å². The summed E-state index contributed by atoms with van der Waals surface area (Å²) in [5.41, 5.74) is 2.58. The highest BCUT2D eigenvalue weighted by Crippen LogP contribution is 2.34. The van der Waals surface area contributed by atoms with Gasteiger partial charge in [0.15, 0.2) is 11.5 Å². The number of anilines is 2. The summed E-state index contributed by atoms with van der Waals surface area (Å²) in [6.45, 7) is 1.96. The highest BCUT2D eigenvalue weighted by molar-refractivity contribution is 5.99. The zero-order chi connectivity index (χ0) is 20.0. The summed E-state index contributed by atoms with van der Waals surface area (Å²) in [5, 5.41) is 9.85. The molecule has 2 aromatic heterocycles. The number of aromatic nitrogens is 4. The molecular formula is C19H18N6O4. The van der Waals surface area contributed by atoms with Crippen LogP contribution in [-0.4, -0.2) is 32.6 Å². The average molecular weight is 394 g/mol. The van der Waals surface area contributed by atoms with E-state index < -0.39 is 6.03 Å². The van der Waals surface area contributed by atoms with Gasteiger partial charge in [-0.3, -0.25) is 15.1 Å². The summed E-state index contributed by atoms with van der Waals surface area (Å²) in [6.07, 6.45) is 2.41. The molecule has 10 nitrogen and oxygen atoms in total. The Kier molecular flexibility index (Phi) is 3.97. The molecule has 29 heavy (non-hydrogen) atoms. The second kappa shape index (κ2) is 6.66. The molecule has 0 saturated carbocycles. The van der Waals surface area contributed by atoms with Crippen LogP contribution in [0.5, 0.6) is 11.5 Å². The van der Waals surface area contributed by atoms with Crippen molar-refractivity contribution in [3.63, 3.8) is 0 Å². The van der Waals surface area contributed by atoms with Crippen LogP contribution in [0, 0.1) is 6.92 Å².